The Morgan fingerprint density at radius 2 is 1.50 bits per heavy atom. The Morgan fingerprint density at radius 1 is 0.786 bits per heavy atom. The van der Waals surface area contributed by atoms with Gasteiger partial charge < -0.3 is 20.9 Å². The first-order valence-electron chi connectivity index (χ1n) is 13.9. The lowest BCUT2D eigenvalue weighted by atomic mass is 10.1. The van der Waals surface area contributed by atoms with Gasteiger partial charge in [-0.1, -0.05) is 54.6 Å². The van der Waals surface area contributed by atoms with Crippen LogP contribution < -0.4 is 16.0 Å². The van der Waals surface area contributed by atoms with Crippen LogP contribution in [-0.4, -0.2) is 53.9 Å². The van der Waals surface area contributed by atoms with E-state index in [2.05, 4.69) is 20.9 Å². The van der Waals surface area contributed by atoms with Crippen LogP contribution in [0.25, 0.3) is 22.2 Å². The quantitative estimate of drug-likeness (QED) is 0.175. The zero-order valence-corrected chi connectivity index (χ0v) is 24.0. The minimum absolute atomic E-state index is 0.161. The van der Waals surface area contributed by atoms with E-state index in [9.17, 15) is 9.59 Å². The molecular weight excluding hydrogens is 524 g/mol. The van der Waals surface area contributed by atoms with Crippen LogP contribution in [0.1, 0.15) is 32.7 Å². The summed E-state index contributed by atoms with van der Waals surface area (Å²) < 4.78 is 0. The predicted molar refractivity (Wildman–Crippen MR) is 169 cm³/mol. The van der Waals surface area contributed by atoms with Crippen LogP contribution in [-0.2, 0) is 0 Å². The van der Waals surface area contributed by atoms with E-state index in [4.69, 9.17) is 9.97 Å². The summed E-state index contributed by atoms with van der Waals surface area (Å²) in [5.74, 6) is 0.0460. The van der Waals surface area contributed by atoms with Crippen LogP contribution in [0.4, 0.5) is 17.3 Å². The number of para-hydroxylation sites is 1. The van der Waals surface area contributed by atoms with Gasteiger partial charge in [-0.15, -0.1) is 0 Å². The van der Waals surface area contributed by atoms with Gasteiger partial charge in [0, 0.05) is 40.0 Å². The third-order valence-electron chi connectivity index (χ3n) is 6.87. The molecule has 0 fully saturated rings. The number of hydrogen-bond donors (Lipinski definition) is 3. The van der Waals surface area contributed by atoms with Crippen LogP contribution in [0.5, 0.6) is 0 Å². The topological polar surface area (TPSA) is 99.2 Å². The Bertz CT molecular complexity index is 1700. The van der Waals surface area contributed by atoms with Crippen LogP contribution in [0.2, 0.25) is 0 Å². The van der Waals surface area contributed by atoms with Gasteiger partial charge in [-0.2, -0.15) is 0 Å². The number of carbonyl (C=O) groups is 2. The minimum atomic E-state index is -0.262. The molecule has 0 atom stereocenters. The van der Waals surface area contributed by atoms with Crippen molar-refractivity contribution in [2.24, 2.45) is 0 Å². The molecule has 8 heteroatoms. The number of amides is 2. The number of benzene rings is 4. The molecule has 0 saturated heterocycles. The molecule has 1 heterocycles. The van der Waals surface area contributed by atoms with Crippen molar-refractivity contribution in [2.45, 2.75) is 13.3 Å². The number of aromatic nitrogens is 2. The molecule has 3 N–H and O–H groups in total. The highest BCUT2D eigenvalue weighted by atomic mass is 16.2. The van der Waals surface area contributed by atoms with Gasteiger partial charge in [-0.25, -0.2) is 9.97 Å². The van der Waals surface area contributed by atoms with Crippen molar-refractivity contribution in [1.29, 1.82) is 0 Å². The van der Waals surface area contributed by atoms with Gasteiger partial charge in [0.15, 0.2) is 0 Å². The number of rotatable bonds is 10. The van der Waals surface area contributed by atoms with E-state index in [-0.39, 0.29) is 11.8 Å². The van der Waals surface area contributed by atoms with Crippen LogP contribution in [0.15, 0.2) is 97.1 Å². The summed E-state index contributed by atoms with van der Waals surface area (Å²) in [6.07, 6.45) is 0.861. The average Bonchev–Trinajstić information content (AvgIpc) is 3.00. The fourth-order valence-corrected chi connectivity index (χ4v) is 4.57. The Morgan fingerprint density at radius 3 is 2.26 bits per heavy atom. The van der Waals surface area contributed by atoms with E-state index >= 15 is 0 Å². The van der Waals surface area contributed by atoms with Gasteiger partial charge in [0.2, 0.25) is 5.95 Å². The minimum Gasteiger partial charge on any atom is -0.352 e. The Hall–Kier alpha value is -5.08. The first-order chi connectivity index (χ1) is 20.4. The molecule has 4 aromatic carbocycles. The summed E-state index contributed by atoms with van der Waals surface area (Å²) in [5, 5.41) is 10.1. The van der Waals surface area contributed by atoms with Crippen LogP contribution in [0, 0.1) is 6.92 Å². The SMILES string of the molecule is Cc1ccc(C(=O)NCCCN(C)C)cc1NC(=O)c1ccc(Nc2nc(-c3ccccc3)c3ccccc3n2)cc1. The summed E-state index contributed by atoms with van der Waals surface area (Å²) in [7, 11) is 4.00. The first kappa shape index (κ1) is 28.4. The highest BCUT2D eigenvalue weighted by Crippen LogP contribution is 2.28. The monoisotopic (exact) mass is 558 g/mol. The van der Waals surface area contributed by atoms with Crippen molar-refractivity contribution in [1.82, 2.24) is 20.2 Å². The number of aryl methyl sites for hydroxylation is 1. The maximum absolute atomic E-state index is 13.1. The van der Waals surface area contributed by atoms with E-state index in [1.165, 1.54) is 0 Å². The molecule has 212 valence electrons. The second kappa shape index (κ2) is 13.1. The third-order valence-corrected chi connectivity index (χ3v) is 6.87. The number of hydrogen-bond acceptors (Lipinski definition) is 6. The van der Waals surface area contributed by atoms with Crippen LogP contribution in [0.3, 0.4) is 0 Å². The van der Waals surface area contributed by atoms with Crippen molar-refractivity contribution in [2.75, 3.05) is 37.8 Å². The Labute approximate surface area is 245 Å². The standard InChI is InChI=1S/C34H34N6O2/c1-23-14-15-26(32(41)35-20-9-21-40(2)3)22-30(23)37-33(42)25-16-18-27(19-17-25)36-34-38-29-13-8-7-12-28(29)31(39-34)24-10-5-4-6-11-24/h4-8,10-19,22H,9,20-21H2,1-3H3,(H,35,41)(H,37,42)(H,36,38,39). The second-order valence-electron chi connectivity index (χ2n) is 10.4. The molecule has 0 radical (unpaired) electrons. The molecule has 5 aromatic rings. The fourth-order valence-electron chi connectivity index (χ4n) is 4.57. The predicted octanol–water partition coefficient (Wildman–Crippen LogP) is 6.28. The zero-order chi connectivity index (χ0) is 29.5. The van der Waals surface area contributed by atoms with Crippen LogP contribution >= 0.6 is 0 Å². The Kier molecular flexibility index (Phi) is 8.84. The maximum atomic E-state index is 13.1. The molecule has 42 heavy (non-hydrogen) atoms. The number of fused-ring (bicyclic) bond motifs is 1. The molecule has 0 aliphatic heterocycles. The Balaban J connectivity index is 1.27. The van der Waals surface area contributed by atoms with E-state index in [0.29, 0.717) is 29.3 Å². The van der Waals surface area contributed by atoms with Crippen molar-refractivity contribution >= 4 is 40.0 Å². The van der Waals surface area contributed by atoms with Crippen molar-refractivity contribution in [3.05, 3.63) is 114 Å². The third kappa shape index (κ3) is 6.97. The van der Waals surface area contributed by atoms with Gasteiger partial charge in [0.1, 0.15) is 0 Å². The molecule has 0 saturated carbocycles. The summed E-state index contributed by atoms with van der Waals surface area (Å²) in [4.78, 5) is 37.3. The van der Waals surface area contributed by atoms with Gasteiger partial charge in [-0.05, 0) is 82.0 Å². The molecule has 0 aliphatic rings. The summed E-state index contributed by atoms with van der Waals surface area (Å²) >= 11 is 0. The van der Waals surface area contributed by atoms with Crippen molar-refractivity contribution < 1.29 is 9.59 Å². The molecule has 5 rings (SSSR count). The highest BCUT2D eigenvalue weighted by Gasteiger charge is 2.13. The maximum Gasteiger partial charge on any atom is 0.255 e. The van der Waals surface area contributed by atoms with Gasteiger partial charge in [-0.3, -0.25) is 9.59 Å². The lowest BCUT2D eigenvalue weighted by molar-refractivity contribution is 0.0951. The molecule has 2 amide bonds. The summed E-state index contributed by atoms with van der Waals surface area (Å²) in [6, 6.07) is 30.4. The van der Waals surface area contributed by atoms with Gasteiger partial charge in [0.05, 0.1) is 11.2 Å². The van der Waals surface area contributed by atoms with E-state index < -0.39 is 0 Å². The zero-order valence-electron chi connectivity index (χ0n) is 24.0. The fraction of sp³-hybridized carbons (Fsp3) is 0.176. The molecule has 8 nitrogen and oxygen atoms in total. The smallest absolute Gasteiger partial charge is 0.255 e. The largest absolute Gasteiger partial charge is 0.352 e. The molecule has 0 spiro atoms. The highest BCUT2D eigenvalue weighted by molar-refractivity contribution is 6.05. The van der Waals surface area contributed by atoms with E-state index in [1.807, 2.05) is 93.8 Å². The second-order valence-corrected chi connectivity index (χ2v) is 10.4. The lowest BCUT2D eigenvalue weighted by Gasteiger charge is -2.13. The van der Waals surface area contributed by atoms with Gasteiger partial charge >= 0.3 is 0 Å². The van der Waals surface area contributed by atoms with Gasteiger partial charge in [0.25, 0.3) is 11.8 Å². The molecular formula is C34H34N6O2. The average molecular weight is 559 g/mol. The summed E-state index contributed by atoms with van der Waals surface area (Å²) in [6.45, 7) is 3.38. The first-order valence-corrected chi connectivity index (χ1v) is 13.9. The summed E-state index contributed by atoms with van der Waals surface area (Å²) in [5.41, 5.74) is 5.91. The van der Waals surface area contributed by atoms with E-state index in [0.717, 1.165) is 46.4 Å². The number of carbonyl (C=O) groups excluding carboxylic acids is 2. The molecule has 0 unspecified atom stereocenters. The molecule has 0 aliphatic carbocycles. The van der Waals surface area contributed by atoms with E-state index in [1.54, 1.807) is 24.3 Å². The number of nitrogens with one attached hydrogen (secondary N) is 3. The molecule has 1 aromatic heterocycles. The van der Waals surface area contributed by atoms with Crippen molar-refractivity contribution in [3.63, 3.8) is 0 Å². The number of nitrogens with zero attached hydrogens (tertiary/aromatic N) is 3. The van der Waals surface area contributed by atoms with Crippen molar-refractivity contribution in [3.8, 4) is 11.3 Å². The normalized spacial score (nSPS) is 11.0. The number of anilines is 3. The molecule has 0 bridgehead atoms. The lowest BCUT2D eigenvalue weighted by Crippen LogP contribution is -2.27.